The topological polar surface area (TPSA) is 85.2 Å². The summed E-state index contributed by atoms with van der Waals surface area (Å²) in [4.78, 5) is 23.0. The maximum atomic E-state index is 12.2. The lowest BCUT2D eigenvalue weighted by molar-refractivity contribution is -0.209. The highest BCUT2D eigenvalue weighted by Gasteiger charge is 2.30. The highest BCUT2D eigenvalue weighted by atomic mass is 17.2. The minimum absolute atomic E-state index is 0.00431. The first-order valence-corrected chi connectivity index (χ1v) is 12.1. The van der Waals surface area contributed by atoms with E-state index in [1.807, 2.05) is 6.92 Å². The second kappa shape index (κ2) is 15.8. The van der Waals surface area contributed by atoms with E-state index in [9.17, 15) is 15.0 Å². The fourth-order valence-electron chi connectivity index (χ4n) is 3.52. The van der Waals surface area contributed by atoms with Gasteiger partial charge in [0.1, 0.15) is 5.56 Å². The Balaban J connectivity index is 3.53. The van der Waals surface area contributed by atoms with Crippen LogP contribution in [0.5, 0.6) is 17.2 Å². The number of carboxylic acids is 1. The molecule has 0 aliphatic heterocycles. The third-order valence-electron chi connectivity index (χ3n) is 5.34. The number of rotatable bonds is 18. The molecule has 2 N–H and O–H groups in total. The van der Waals surface area contributed by atoms with E-state index < -0.39 is 11.7 Å². The average Bonchev–Trinajstić information content (AvgIpc) is 2.74. The molecule has 0 amide bonds. The summed E-state index contributed by atoms with van der Waals surface area (Å²) in [6, 6.07) is 0. The van der Waals surface area contributed by atoms with Gasteiger partial charge in [-0.3, -0.25) is 0 Å². The van der Waals surface area contributed by atoms with Crippen LogP contribution in [0, 0.1) is 0 Å². The van der Waals surface area contributed by atoms with E-state index in [1.165, 1.54) is 0 Å². The lowest BCUT2D eigenvalue weighted by Crippen LogP contribution is -2.13. The van der Waals surface area contributed by atoms with Gasteiger partial charge in [0.05, 0.1) is 13.2 Å². The smallest absolute Gasteiger partial charge is 0.339 e. The maximum absolute atomic E-state index is 12.2. The minimum Gasteiger partial charge on any atom is -0.503 e. The predicted octanol–water partition coefficient (Wildman–Crippen LogP) is 6.85. The molecule has 0 radical (unpaired) electrons. The van der Waals surface area contributed by atoms with Crippen molar-refractivity contribution >= 4 is 5.97 Å². The number of ether oxygens (including phenoxy) is 1. The third kappa shape index (κ3) is 8.60. The lowest BCUT2D eigenvalue weighted by atomic mass is 9.90. The van der Waals surface area contributed by atoms with Gasteiger partial charge in [-0.15, -0.1) is 0 Å². The van der Waals surface area contributed by atoms with Gasteiger partial charge in [-0.25, -0.2) is 4.79 Å². The summed E-state index contributed by atoms with van der Waals surface area (Å²) in [5, 5.41) is 20.9. The first-order chi connectivity index (χ1) is 15.0. The van der Waals surface area contributed by atoms with Gasteiger partial charge >= 0.3 is 5.97 Å². The number of aromatic carboxylic acids is 1. The molecule has 0 bridgehead atoms. The Morgan fingerprint density at radius 3 is 1.84 bits per heavy atom. The van der Waals surface area contributed by atoms with Gasteiger partial charge in [-0.1, -0.05) is 66.2 Å². The average molecular weight is 439 g/mol. The Morgan fingerprint density at radius 1 is 0.742 bits per heavy atom. The van der Waals surface area contributed by atoms with Gasteiger partial charge in [0, 0.05) is 5.56 Å². The number of phenols is 1. The van der Waals surface area contributed by atoms with Crippen molar-refractivity contribution < 1.29 is 29.5 Å². The molecule has 0 saturated carbocycles. The molecule has 6 nitrogen and oxygen atoms in total. The monoisotopic (exact) mass is 438 g/mol. The van der Waals surface area contributed by atoms with Crippen LogP contribution in [-0.4, -0.2) is 29.4 Å². The summed E-state index contributed by atoms with van der Waals surface area (Å²) >= 11 is 0. The summed E-state index contributed by atoms with van der Waals surface area (Å²) < 4.78 is 6.10. The number of benzene rings is 1. The van der Waals surface area contributed by atoms with Crippen LogP contribution in [0.4, 0.5) is 0 Å². The van der Waals surface area contributed by atoms with Crippen LogP contribution in [0.3, 0.4) is 0 Å². The predicted molar refractivity (Wildman–Crippen MR) is 123 cm³/mol. The fraction of sp³-hybridized carbons (Fsp3) is 0.720. The molecule has 1 aromatic carbocycles. The molecular weight excluding hydrogens is 396 g/mol. The maximum Gasteiger partial charge on any atom is 0.339 e. The van der Waals surface area contributed by atoms with E-state index in [2.05, 4.69) is 20.8 Å². The summed E-state index contributed by atoms with van der Waals surface area (Å²) in [6.07, 6.45) is 10.7. The molecule has 1 aromatic rings. The zero-order chi connectivity index (χ0) is 23.1. The minimum atomic E-state index is -1.15. The van der Waals surface area contributed by atoms with Crippen LogP contribution in [0.1, 0.15) is 113 Å². The van der Waals surface area contributed by atoms with Gasteiger partial charge in [0.2, 0.25) is 5.75 Å². The molecular formula is C25H42O6. The van der Waals surface area contributed by atoms with Crippen molar-refractivity contribution in [3.05, 3.63) is 16.7 Å². The van der Waals surface area contributed by atoms with Crippen molar-refractivity contribution in [1.82, 2.24) is 0 Å². The van der Waals surface area contributed by atoms with Crippen LogP contribution in [0.25, 0.3) is 0 Å². The van der Waals surface area contributed by atoms with Crippen molar-refractivity contribution in [2.75, 3.05) is 13.2 Å². The Bertz CT molecular complexity index is 656. The number of carbonyl (C=O) groups is 1. The zero-order valence-corrected chi connectivity index (χ0v) is 19.9. The van der Waals surface area contributed by atoms with Gasteiger partial charge in [0.25, 0.3) is 0 Å². The molecule has 0 aromatic heterocycles. The zero-order valence-electron chi connectivity index (χ0n) is 19.9. The summed E-state index contributed by atoms with van der Waals surface area (Å²) in [5.74, 6) is -1.12. The Hall–Kier alpha value is -1.95. The van der Waals surface area contributed by atoms with Crippen molar-refractivity contribution in [2.24, 2.45) is 0 Å². The number of unbranched alkanes of at least 4 members (excludes halogenated alkanes) is 6. The summed E-state index contributed by atoms with van der Waals surface area (Å²) in [7, 11) is 0. The highest BCUT2D eigenvalue weighted by Crippen LogP contribution is 2.46. The third-order valence-corrected chi connectivity index (χ3v) is 5.34. The molecule has 0 atom stereocenters. The molecule has 0 heterocycles. The second-order valence-electron chi connectivity index (χ2n) is 8.02. The highest BCUT2D eigenvalue weighted by molar-refractivity contribution is 5.95. The molecule has 0 unspecified atom stereocenters. The molecule has 0 aliphatic carbocycles. The lowest BCUT2D eigenvalue weighted by Gasteiger charge is -2.22. The molecule has 0 aliphatic rings. The second-order valence-corrected chi connectivity index (χ2v) is 8.02. The quantitative estimate of drug-likeness (QED) is 0.148. The van der Waals surface area contributed by atoms with Gasteiger partial charge < -0.3 is 19.8 Å². The van der Waals surface area contributed by atoms with Gasteiger partial charge in [-0.2, -0.15) is 4.89 Å². The standard InChI is InChI=1S/C25H42O6/c1-5-9-13-15-19-20(16-14-10-6-2)23(29-17-11-7-3)24(31-30-18-12-8-4)22(26)21(19)25(27)28/h26H,5-18H2,1-4H3,(H,27,28). The van der Waals surface area contributed by atoms with Crippen molar-refractivity contribution in [3.8, 4) is 17.2 Å². The first kappa shape index (κ1) is 27.1. The normalized spacial score (nSPS) is 11.0. The number of aromatic hydroxyl groups is 1. The molecule has 0 spiro atoms. The van der Waals surface area contributed by atoms with Crippen molar-refractivity contribution in [2.45, 2.75) is 105 Å². The van der Waals surface area contributed by atoms with E-state index in [-0.39, 0.29) is 11.3 Å². The Morgan fingerprint density at radius 2 is 1.29 bits per heavy atom. The molecule has 0 fully saturated rings. The number of hydrogen-bond donors (Lipinski definition) is 2. The molecule has 0 saturated heterocycles. The van der Waals surface area contributed by atoms with E-state index in [0.29, 0.717) is 37.4 Å². The largest absolute Gasteiger partial charge is 0.503 e. The van der Waals surface area contributed by atoms with E-state index >= 15 is 0 Å². The first-order valence-electron chi connectivity index (χ1n) is 12.1. The summed E-state index contributed by atoms with van der Waals surface area (Å²) in [5.41, 5.74) is 1.42. The van der Waals surface area contributed by atoms with E-state index in [1.54, 1.807) is 0 Å². The fourth-order valence-corrected chi connectivity index (χ4v) is 3.52. The molecule has 178 valence electrons. The molecule has 1 rings (SSSR count). The van der Waals surface area contributed by atoms with E-state index in [0.717, 1.165) is 69.8 Å². The number of carboxylic acid groups (broad SMARTS) is 1. The molecule has 6 heteroatoms. The van der Waals surface area contributed by atoms with Crippen LogP contribution < -0.4 is 9.62 Å². The van der Waals surface area contributed by atoms with Crippen molar-refractivity contribution in [1.29, 1.82) is 0 Å². The Labute approximate surface area is 187 Å². The molecule has 31 heavy (non-hydrogen) atoms. The SMILES string of the molecule is CCCCCc1c(CCCCC)c(C(=O)O)c(O)c(OOCCCC)c1OCCCC. The van der Waals surface area contributed by atoms with E-state index in [4.69, 9.17) is 14.5 Å². The number of hydrogen-bond acceptors (Lipinski definition) is 5. The van der Waals surface area contributed by atoms with Crippen LogP contribution in [-0.2, 0) is 17.7 Å². The summed E-state index contributed by atoms with van der Waals surface area (Å²) in [6.45, 7) is 9.20. The van der Waals surface area contributed by atoms with Gasteiger partial charge in [-0.05, 0) is 44.1 Å². The van der Waals surface area contributed by atoms with Crippen LogP contribution in [0.2, 0.25) is 0 Å². The van der Waals surface area contributed by atoms with Crippen molar-refractivity contribution in [3.63, 3.8) is 0 Å². The van der Waals surface area contributed by atoms with Gasteiger partial charge in [0.15, 0.2) is 11.5 Å². The van der Waals surface area contributed by atoms with Crippen LogP contribution in [0.15, 0.2) is 0 Å². The Kier molecular flexibility index (Phi) is 13.8. The van der Waals surface area contributed by atoms with Crippen LogP contribution >= 0.6 is 0 Å².